The van der Waals surface area contributed by atoms with Crippen LogP contribution in [0.4, 0.5) is 5.82 Å². The van der Waals surface area contributed by atoms with Crippen molar-refractivity contribution in [3.8, 4) is 12.3 Å². The summed E-state index contributed by atoms with van der Waals surface area (Å²) >= 11 is 1.20. The van der Waals surface area contributed by atoms with Gasteiger partial charge < -0.3 is 16.1 Å². The summed E-state index contributed by atoms with van der Waals surface area (Å²) in [6.07, 6.45) is 10.3. The minimum absolute atomic E-state index is 0.153. The maximum absolute atomic E-state index is 9.59. The first-order valence-corrected chi connectivity index (χ1v) is 7.35. The van der Waals surface area contributed by atoms with Crippen LogP contribution in [0.1, 0.15) is 10.9 Å². The molecule has 0 saturated heterocycles. The van der Waals surface area contributed by atoms with Gasteiger partial charge in [-0.25, -0.2) is 9.97 Å². The standard InChI is InChI=1S/C13H13N7O2S/c1-2-8-4-20(13-11(8)12(14)16-7-17-13)10(6-22)23-9(5-21)3-18-19-15/h1,4-7,9-10H,3H2,(H2,15,18)(H2,14,16,17)/p+2/t9-,10-/m1/s1. The molecule has 0 unspecified atom stereocenters. The van der Waals surface area contributed by atoms with Gasteiger partial charge in [0.1, 0.15) is 23.0 Å². The largest absolute Gasteiger partial charge is 0.383 e. The Kier molecular flexibility index (Phi) is 5.27. The van der Waals surface area contributed by atoms with Crippen LogP contribution in [0.25, 0.3) is 11.0 Å². The Labute approximate surface area is 135 Å². The number of hydrogen-bond acceptors (Lipinski definition) is 6. The van der Waals surface area contributed by atoms with E-state index >= 15 is 0 Å². The van der Waals surface area contributed by atoms with Gasteiger partial charge in [0.05, 0.1) is 17.5 Å². The lowest BCUT2D eigenvalue weighted by Crippen LogP contribution is -2.16. The van der Waals surface area contributed by atoms with E-state index in [1.165, 1.54) is 18.1 Å². The predicted molar refractivity (Wildman–Crippen MR) is 90.2 cm³/mol. The lowest BCUT2D eigenvalue weighted by Gasteiger charge is -2.12. The second-order valence-electron chi connectivity index (χ2n) is 4.35. The van der Waals surface area contributed by atoms with Gasteiger partial charge in [-0.2, -0.15) is 5.11 Å². The number of nitrogens with two attached hydrogens (primary N) is 2. The first-order chi connectivity index (χ1) is 11.2. The number of anilines is 1. The Morgan fingerprint density at radius 3 is 2.83 bits per heavy atom. The van der Waals surface area contributed by atoms with Gasteiger partial charge in [0.15, 0.2) is 5.37 Å². The number of carbonyl (C=O) groups excluding carboxylic acids is 2. The minimum Gasteiger partial charge on any atom is -0.383 e. The second-order valence-corrected chi connectivity index (χ2v) is 5.72. The molecule has 2 aromatic heterocycles. The fraction of sp³-hybridized carbons (Fsp3) is 0.231. The van der Waals surface area contributed by atoms with Gasteiger partial charge in [0.25, 0.3) is 6.29 Å². The van der Waals surface area contributed by atoms with Crippen LogP contribution >= 0.6 is 11.8 Å². The molecule has 0 aromatic carbocycles. The molecule has 0 spiro atoms. The fourth-order valence-electron chi connectivity index (χ4n) is 2.02. The Balaban J connectivity index is 2.44. The minimum atomic E-state index is -0.588. The van der Waals surface area contributed by atoms with Crippen molar-refractivity contribution in [3.63, 3.8) is 0 Å². The molecule has 10 heteroatoms. The molecule has 2 heterocycles. The van der Waals surface area contributed by atoms with Gasteiger partial charge in [0.2, 0.25) is 0 Å². The summed E-state index contributed by atoms with van der Waals surface area (Å²) in [5.41, 5.74) is 6.84. The lowest BCUT2D eigenvalue weighted by atomic mass is 10.2. The summed E-state index contributed by atoms with van der Waals surface area (Å²) < 4.78 is 1.64. The van der Waals surface area contributed by atoms with E-state index < -0.39 is 10.6 Å². The van der Waals surface area contributed by atoms with Crippen molar-refractivity contribution in [2.45, 2.75) is 10.6 Å². The molecule has 23 heavy (non-hydrogen) atoms. The molecule has 6 N–H and O–H groups in total. The van der Waals surface area contributed by atoms with Crippen LogP contribution in [0.2, 0.25) is 0 Å². The molecule has 0 aliphatic rings. The normalized spacial score (nSPS) is 13.7. The van der Waals surface area contributed by atoms with E-state index in [0.717, 1.165) is 12.6 Å². The molecular weight excluding hydrogens is 318 g/mol. The van der Waals surface area contributed by atoms with Crippen molar-refractivity contribution >= 4 is 41.2 Å². The lowest BCUT2D eigenvalue weighted by molar-refractivity contribution is 0.661. The van der Waals surface area contributed by atoms with Gasteiger partial charge in [-0.3, -0.25) is 9.59 Å². The van der Waals surface area contributed by atoms with Crippen LogP contribution < -0.4 is 11.6 Å². The molecular formula is C13H15N7O2S+2. The number of nitrogen functional groups attached to an aromatic ring is 1. The number of terminal acetylenes is 1. The van der Waals surface area contributed by atoms with Crippen molar-refractivity contribution in [1.29, 1.82) is 0 Å². The van der Waals surface area contributed by atoms with Gasteiger partial charge in [-0.15, -0.1) is 18.2 Å². The third kappa shape index (κ3) is 3.29. The smallest absolute Gasteiger partial charge is 0.314 e. The van der Waals surface area contributed by atoms with Crippen molar-refractivity contribution in [2.75, 3.05) is 12.3 Å². The SMILES string of the molecule is C#Cc1cn([C@@H](C=[OH+])S[C@@H](C=[OH+])CN=NN)c2ncnc(N)c12. The number of fused-ring (bicyclic) bond motifs is 1. The van der Waals surface area contributed by atoms with E-state index in [1.54, 1.807) is 10.8 Å². The number of thioether (sulfide) groups is 1. The molecule has 0 fully saturated rings. The van der Waals surface area contributed by atoms with E-state index in [4.69, 9.17) is 18.0 Å². The summed E-state index contributed by atoms with van der Waals surface area (Å²) in [5, 5.41) is 6.28. The number of hydrogen-bond donors (Lipinski definition) is 2. The van der Waals surface area contributed by atoms with Crippen LogP contribution in [-0.4, -0.2) is 48.5 Å². The maximum Gasteiger partial charge on any atom is 0.314 e. The molecule has 0 bridgehead atoms. The van der Waals surface area contributed by atoms with Gasteiger partial charge in [0, 0.05) is 6.20 Å². The molecule has 0 aliphatic heterocycles. The zero-order chi connectivity index (χ0) is 16.8. The number of aldehydes is 2. The molecule has 2 atom stereocenters. The van der Waals surface area contributed by atoms with Crippen LogP contribution in [0.15, 0.2) is 22.9 Å². The monoisotopic (exact) mass is 333 g/mol. The number of aromatic nitrogens is 3. The van der Waals surface area contributed by atoms with E-state index in [1.807, 2.05) is 0 Å². The molecule has 2 aromatic rings. The van der Waals surface area contributed by atoms with Gasteiger partial charge >= 0.3 is 6.29 Å². The highest BCUT2D eigenvalue weighted by molar-refractivity contribution is 8.01. The van der Waals surface area contributed by atoms with Gasteiger partial charge in [-0.05, 0) is 0 Å². The quantitative estimate of drug-likeness (QED) is 0.186. The van der Waals surface area contributed by atoms with Crippen molar-refractivity contribution in [3.05, 3.63) is 18.1 Å². The highest BCUT2D eigenvalue weighted by Crippen LogP contribution is 2.31. The highest BCUT2D eigenvalue weighted by atomic mass is 32.2. The summed E-state index contributed by atoms with van der Waals surface area (Å²) in [4.78, 5) is 27.0. The molecule has 0 saturated carbocycles. The molecule has 0 amide bonds. The zero-order valence-electron chi connectivity index (χ0n) is 11.9. The number of rotatable bonds is 7. The third-order valence-electron chi connectivity index (χ3n) is 3.02. The van der Waals surface area contributed by atoms with E-state index in [9.17, 15) is 9.59 Å². The Bertz CT molecular complexity index is 795. The molecule has 9 nitrogen and oxygen atoms in total. The second kappa shape index (κ2) is 7.37. The van der Waals surface area contributed by atoms with Crippen LogP contribution in [0.3, 0.4) is 0 Å². The topological polar surface area (TPSA) is 150 Å². The predicted octanol–water partition coefficient (Wildman–Crippen LogP) is 0.271. The summed E-state index contributed by atoms with van der Waals surface area (Å²) in [7, 11) is 0. The van der Waals surface area contributed by atoms with E-state index in [2.05, 4.69) is 26.2 Å². The molecule has 118 valence electrons. The Hall–Kier alpha value is -2.93. The van der Waals surface area contributed by atoms with Crippen LogP contribution in [0.5, 0.6) is 0 Å². The van der Waals surface area contributed by atoms with E-state index in [-0.39, 0.29) is 12.4 Å². The van der Waals surface area contributed by atoms with Crippen molar-refractivity contribution in [1.82, 2.24) is 14.5 Å². The molecule has 0 aliphatic carbocycles. The first-order valence-electron chi connectivity index (χ1n) is 6.41. The van der Waals surface area contributed by atoms with Crippen molar-refractivity contribution < 1.29 is 9.59 Å². The average Bonchev–Trinajstić information content (AvgIpc) is 2.95. The highest BCUT2D eigenvalue weighted by Gasteiger charge is 2.25. The summed E-state index contributed by atoms with van der Waals surface area (Å²) in [6.45, 7) is 0.153. The van der Waals surface area contributed by atoms with Crippen LogP contribution in [-0.2, 0) is 0 Å². The average molecular weight is 333 g/mol. The summed E-state index contributed by atoms with van der Waals surface area (Å²) in [6, 6.07) is 0. The maximum atomic E-state index is 9.59. The molecule has 0 radical (unpaired) electrons. The fourth-order valence-corrected chi connectivity index (χ4v) is 2.96. The molecule has 2 rings (SSSR count). The van der Waals surface area contributed by atoms with E-state index in [0.29, 0.717) is 16.6 Å². The Morgan fingerprint density at radius 2 is 2.22 bits per heavy atom. The Morgan fingerprint density at radius 1 is 1.43 bits per heavy atom. The number of nitrogens with zero attached hydrogens (tertiary/aromatic N) is 5. The first kappa shape index (κ1) is 16.4. The van der Waals surface area contributed by atoms with Crippen molar-refractivity contribution in [2.24, 2.45) is 16.2 Å². The van der Waals surface area contributed by atoms with Gasteiger partial charge in [-0.1, -0.05) is 11.1 Å². The zero-order valence-corrected chi connectivity index (χ0v) is 12.8. The van der Waals surface area contributed by atoms with Crippen LogP contribution in [0, 0.1) is 12.3 Å². The summed E-state index contributed by atoms with van der Waals surface area (Å²) in [5.74, 6) is 7.73. The third-order valence-corrected chi connectivity index (χ3v) is 4.27.